The van der Waals surface area contributed by atoms with Crippen LogP contribution in [0.1, 0.15) is 44.2 Å². The first-order valence-electron chi connectivity index (χ1n) is 13.1. The largest absolute Gasteiger partial charge is 0.354 e. The molecule has 3 rings (SSSR count). The SMILES string of the molecule is CCCCNC(=O)[C@H](CC)N(Cc1ccc(Cl)cc1)C(=O)CN(c1ccccc1C)S(=O)(=O)c1ccccc1. The minimum absolute atomic E-state index is 0.0784. The second-order valence-electron chi connectivity index (χ2n) is 9.33. The fraction of sp³-hybridized carbons (Fsp3) is 0.333. The number of nitrogens with zero attached hydrogens (tertiary/aromatic N) is 2. The van der Waals surface area contributed by atoms with Gasteiger partial charge in [-0.1, -0.05) is 80.4 Å². The van der Waals surface area contributed by atoms with E-state index in [9.17, 15) is 18.0 Å². The third-order valence-corrected chi connectivity index (χ3v) is 8.50. The summed E-state index contributed by atoms with van der Waals surface area (Å²) < 4.78 is 28.8. The molecule has 39 heavy (non-hydrogen) atoms. The molecule has 1 N–H and O–H groups in total. The molecule has 0 bridgehead atoms. The lowest BCUT2D eigenvalue weighted by Gasteiger charge is -2.33. The highest BCUT2D eigenvalue weighted by atomic mass is 35.5. The zero-order chi connectivity index (χ0) is 28.4. The molecule has 0 spiro atoms. The van der Waals surface area contributed by atoms with Crippen molar-refractivity contribution in [1.82, 2.24) is 10.2 Å². The van der Waals surface area contributed by atoms with E-state index in [1.54, 1.807) is 67.6 Å². The second kappa shape index (κ2) is 14.1. The summed E-state index contributed by atoms with van der Waals surface area (Å²) in [7, 11) is -4.09. The maximum absolute atomic E-state index is 14.0. The monoisotopic (exact) mass is 569 g/mol. The second-order valence-corrected chi connectivity index (χ2v) is 11.6. The Hall–Kier alpha value is -3.36. The molecule has 0 aliphatic heterocycles. The molecule has 0 saturated carbocycles. The molecule has 9 heteroatoms. The smallest absolute Gasteiger partial charge is 0.264 e. The first-order chi connectivity index (χ1) is 18.7. The molecule has 2 amide bonds. The van der Waals surface area contributed by atoms with Crippen molar-refractivity contribution in [3.05, 3.63) is 95.0 Å². The van der Waals surface area contributed by atoms with Crippen LogP contribution in [-0.4, -0.2) is 44.3 Å². The number of unbranched alkanes of at least 4 members (excludes halogenated alkanes) is 1. The van der Waals surface area contributed by atoms with Gasteiger partial charge in [-0.05, 0) is 61.2 Å². The Morgan fingerprint density at radius 1 is 0.923 bits per heavy atom. The predicted molar refractivity (Wildman–Crippen MR) is 156 cm³/mol. The van der Waals surface area contributed by atoms with Gasteiger partial charge in [-0.15, -0.1) is 0 Å². The van der Waals surface area contributed by atoms with Crippen LogP contribution in [0.25, 0.3) is 0 Å². The molecular weight excluding hydrogens is 534 g/mol. The third-order valence-electron chi connectivity index (χ3n) is 6.48. The van der Waals surface area contributed by atoms with E-state index in [0.717, 1.165) is 22.7 Å². The Labute approximate surface area is 236 Å². The van der Waals surface area contributed by atoms with Gasteiger partial charge < -0.3 is 10.2 Å². The van der Waals surface area contributed by atoms with Crippen molar-refractivity contribution in [2.75, 3.05) is 17.4 Å². The fourth-order valence-corrected chi connectivity index (χ4v) is 5.91. The number of amides is 2. The summed E-state index contributed by atoms with van der Waals surface area (Å²) >= 11 is 6.06. The zero-order valence-electron chi connectivity index (χ0n) is 22.6. The fourth-order valence-electron chi connectivity index (χ4n) is 4.29. The Kier molecular flexibility index (Phi) is 10.9. The molecular formula is C30H36ClN3O4S. The van der Waals surface area contributed by atoms with Crippen LogP contribution in [0, 0.1) is 6.92 Å². The maximum Gasteiger partial charge on any atom is 0.264 e. The molecule has 0 aliphatic carbocycles. The summed E-state index contributed by atoms with van der Waals surface area (Å²) in [4.78, 5) is 28.8. The van der Waals surface area contributed by atoms with Crippen LogP contribution in [-0.2, 0) is 26.2 Å². The van der Waals surface area contributed by atoms with E-state index in [1.165, 1.54) is 17.0 Å². The van der Waals surface area contributed by atoms with Gasteiger partial charge >= 0.3 is 0 Å². The molecule has 0 aliphatic rings. The van der Waals surface area contributed by atoms with Gasteiger partial charge in [-0.3, -0.25) is 13.9 Å². The summed E-state index contributed by atoms with van der Waals surface area (Å²) in [5.41, 5.74) is 1.89. The Morgan fingerprint density at radius 2 is 1.56 bits per heavy atom. The highest BCUT2D eigenvalue weighted by molar-refractivity contribution is 7.92. The summed E-state index contributed by atoms with van der Waals surface area (Å²) in [6.07, 6.45) is 2.12. The number of hydrogen-bond acceptors (Lipinski definition) is 4. The number of carbonyl (C=O) groups is 2. The maximum atomic E-state index is 14.0. The standard InChI is InChI=1S/C30H36ClN3O4S/c1-4-6-20-32-30(36)27(5-2)33(21-24-16-18-25(31)19-17-24)29(35)22-34(28-15-11-10-12-23(28)3)39(37,38)26-13-8-7-9-14-26/h7-19,27H,4-6,20-22H2,1-3H3,(H,32,36)/t27-/m0/s1. The van der Waals surface area contributed by atoms with Crippen LogP contribution in [0.4, 0.5) is 5.69 Å². The van der Waals surface area contributed by atoms with Crippen molar-refractivity contribution < 1.29 is 18.0 Å². The molecule has 0 saturated heterocycles. The van der Waals surface area contributed by atoms with Crippen molar-refractivity contribution in [1.29, 1.82) is 0 Å². The van der Waals surface area contributed by atoms with Gasteiger partial charge in [0.05, 0.1) is 10.6 Å². The molecule has 7 nitrogen and oxygen atoms in total. The molecule has 0 heterocycles. The number of anilines is 1. The van der Waals surface area contributed by atoms with Crippen LogP contribution in [0.2, 0.25) is 5.02 Å². The van der Waals surface area contributed by atoms with Gasteiger partial charge in [-0.25, -0.2) is 8.42 Å². The van der Waals surface area contributed by atoms with Crippen LogP contribution in [0.3, 0.4) is 0 Å². The number of halogens is 1. The van der Waals surface area contributed by atoms with Gasteiger partial charge in [0.2, 0.25) is 11.8 Å². The number of nitrogens with one attached hydrogen (secondary N) is 1. The Balaban J connectivity index is 2.03. The number of benzene rings is 3. The molecule has 0 unspecified atom stereocenters. The van der Waals surface area contributed by atoms with Crippen molar-refractivity contribution >= 4 is 39.1 Å². The normalized spacial score (nSPS) is 12.0. The molecule has 3 aromatic rings. The minimum atomic E-state index is -4.09. The summed E-state index contributed by atoms with van der Waals surface area (Å²) in [5.74, 6) is -0.744. The van der Waals surface area contributed by atoms with Crippen molar-refractivity contribution in [2.45, 2.75) is 57.5 Å². The van der Waals surface area contributed by atoms with Gasteiger partial charge in [0, 0.05) is 18.1 Å². The van der Waals surface area contributed by atoms with Crippen molar-refractivity contribution in [3.63, 3.8) is 0 Å². The summed E-state index contributed by atoms with van der Waals surface area (Å²) in [6.45, 7) is 5.84. The summed E-state index contributed by atoms with van der Waals surface area (Å²) in [6, 6.07) is 21.3. The van der Waals surface area contributed by atoms with E-state index in [2.05, 4.69) is 5.32 Å². The predicted octanol–water partition coefficient (Wildman–Crippen LogP) is 5.57. The lowest BCUT2D eigenvalue weighted by Crippen LogP contribution is -2.52. The van der Waals surface area contributed by atoms with Crippen LogP contribution >= 0.6 is 11.6 Å². The number of hydrogen-bond donors (Lipinski definition) is 1. The van der Waals surface area contributed by atoms with E-state index in [-0.39, 0.29) is 17.3 Å². The first kappa shape index (κ1) is 30.2. The van der Waals surface area contributed by atoms with E-state index in [1.807, 2.05) is 19.9 Å². The van der Waals surface area contributed by atoms with Gasteiger partial charge in [0.1, 0.15) is 12.6 Å². The van der Waals surface area contributed by atoms with Crippen LogP contribution in [0.5, 0.6) is 0 Å². The van der Waals surface area contributed by atoms with E-state index in [0.29, 0.717) is 29.2 Å². The lowest BCUT2D eigenvalue weighted by atomic mass is 10.1. The molecule has 0 fully saturated rings. The average molecular weight is 570 g/mol. The molecule has 0 aromatic heterocycles. The number of rotatable bonds is 13. The van der Waals surface area contributed by atoms with E-state index >= 15 is 0 Å². The lowest BCUT2D eigenvalue weighted by molar-refractivity contribution is -0.140. The molecule has 208 valence electrons. The topological polar surface area (TPSA) is 86.8 Å². The van der Waals surface area contributed by atoms with E-state index < -0.39 is 28.5 Å². The number of para-hydroxylation sites is 1. The Morgan fingerprint density at radius 3 is 2.18 bits per heavy atom. The highest BCUT2D eigenvalue weighted by Crippen LogP contribution is 2.27. The van der Waals surface area contributed by atoms with E-state index in [4.69, 9.17) is 11.6 Å². The van der Waals surface area contributed by atoms with Gasteiger partial charge in [-0.2, -0.15) is 0 Å². The average Bonchev–Trinajstić information content (AvgIpc) is 2.93. The summed E-state index contributed by atoms with van der Waals surface area (Å²) in [5, 5.41) is 3.49. The molecule has 3 aromatic carbocycles. The third kappa shape index (κ3) is 7.83. The number of sulfonamides is 1. The van der Waals surface area contributed by atoms with Gasteiger partial charge in [0.25, 0.3) is 10.0 Å². The molecule has 1 atom stereocenters. The Bertz CT molecular complexity index is 1350. The minimum Gasteiger partial charge on any atom is -0.354 e. The van der Waals surface area contributed by atoms with Crippen molar-refractivity contribution in [2.24, 2.45) is 0 Å². The first-order valence-corrected chi connectivity index (χ1v) is 15.0. The molecule has 0 radical (unpaired) electrons. The van der Waals surface area contributed by atoms with Crippen LogP contribution < -0.4 is 9.62 Å². The zero-order valence-corrected chi connectivity index (χ0v) is 24.2. The van der Waals surface area contributed by atoms with Gasteiger partial charge in [0.15, 0.2) is 0 Å². The number of carbonyl (C=O) groups excluding carboxylic acids is 2. The quantitative estimate of drug-likeness (QED) is 0.273. The van der Waals surface area contributed by atoms with Crippen LogP contribution in [0.15, 0.2) is 83.8 Å². The highest BCUT2D eigenvalue weighted by Gasteiger charge is 2.34. The van der Waals surface area contributed by atoms with Crippen molar-refractivity contribution in [3.8, 4) is 0 Å². The number of aryl methyl sites for hydroxylation is 1.